The number of likely N-dealkylation sites (tertiary alicyclic amines) is 1. The van der Waals surface area contributed by atoms with Gasteiger partial charge in [-0.1, -0.05) is 36.4 Å². The Labute approximate surface area is 203 Å². The third-order valence-corrected chi connectivity index (χ3v) is 7.06. The lowest BCUT2D eigenvalue weighted by atomic mass is 10.1. The van der Waals surface area contributed by atoms with Crippen molar-refractivity contribution in [2.45, 2.75) is 43.4 Å². The Bertz CT molecular complexity index is 1150. The number of ether oxygens (including phenoxy) is 1. The maximum Gasteiger partial charge on any atom is 0.254 e. The molecular formula is C26H28N4O5. The van der Waals surface area contributed by atoms with Gasteiger partial charge in [0.15, 0.2) is 0 Å². The summed E-state index contributed by atoms with van der Waals surface area (Å²) in [6, 6.07) is 14.0. The van der Waals surface area contributed by atoms with Crippen molar-refractivity contribution in [1.82, 2.24) is 20.4 Å². The summed E-state index contributed by atoms with van der Waals surface area (Å²) in [4.78, 5) is 55.6. The molecule has 0 bridgehead atoms. The number of methoxy groups -OCH3 is 1. The predicted molar refractivity (Wildman–Crippen MR) is 127 cm³/mol. The first-order valence-electron chi connectivity index (χ1n) is 11.8. The summed E-state index contributed by atoms with van der Waals surface area (Å²) in [5.41, 5.74) is 1.27. The number of nitrogens with one attached hydrogen (secondary N) is 2. The first-order chi connectivity index (χ1) is 17.0. The first-order valence-corrected chi connectivity index (χ1v) is 11.8. The molecule has 182 valence electrons. The number of rotatable bonds is 5. The third kappa shape index (κ3) is 4.34. The quantitative estimate of drug-likeness (QED) is 0.662. The molecule has 4 atom stereocenters. The lowest BCUT2D eigenvalue weighted by Gasteiger charge is -2.29. The van der Waals surface area contributed by atoms with E-state index in [-0.39, 0.29) is 42.6 Å². The molecule has 0 aromatic heterocycles. The molecule has 2 N–H and O–H groups in total. The van der Waals surface area contributed by atoms with E-state index in [4.69, 9.17) is 4.74 Å². The number of hydrogen-bond acceptors (Lipinski definition) is 5. The van der Waals surface area contributed by atoms with Crippen LogP contribution in [0.25, 0.3) is 0 Å². The fraction of sp³-hybridized carbons (Fsp3) is 0.385. The zero-order chi connectivity index (χ0) is 24.5. The number of amides is 4. The Morgan fingerprint density at radius 1 is 1.09 bits per heavy atom. The predicted octanol–water partition coefficient (Wildman–Crippen LogP) is 0.737. The smallest absolute Gasteiger partial charge is 0.254 e. The minimum atomic E-state index is -0.750. The van der Waals surface area contributed by atoms with Gasteiger partial charge in [-0.15, -0.1) is 0 Å². The molecule has 35 heavy (non-hydrogen) atoms. The van der Waals surface area contributed by atoms with Crippen LogP contribution in [0.2, 0.25) is 0 Å². The van der Waals surface area contributed by atoms with Gasteiger partial charge in [0.05, 0.1) is 19.6 Å². The van der Waals surface area contributed by atoms with Crippen molar-refractivity contribution < 1.29 is 23.9 Å². The number of nitrogens with zero attached hydrogens (tertiary/aromatic N) is 2. The monoisotopic (exact) mass is 476 g/mol. The zero-order valence-electron chi connectivity index (χ0n) is 19.5. The van der Waals surface area contributed by atoms with Crippen LogP contribution in [-0.2, 0) is 20.8 Å². The van der Waals surface area contributed by atoms with Gasteiger partial charge in [-0.3, -0.25) is 19.2 Å². The van der Waals surface area contributed by atoms with Crippen molar-refractivity contribution in [2.24, 2.45) is 0 Å². The van der Waals surface area contributed by atoms with E-state index < -0.39 is 18.1 Å². The zero-order valence-corrected chi connectivity index (χ0v) is 19.5. The van der Waals surface area contributed by atoms with Crippen LogP contribution in [0.4, 0.5) is 0 Å². The summed E-state index contributed by atoms with van der Waals surface area (Å²) in [5.74, 6) is -0.277. The second-order valence-corrected chi connectivity index (χ2v) is 9.21. The third-order valence-electron chi connectivity index (χ3n) is 7.06. The highest BCUT2D eigenvalue weighted by atomic mass is 16.5. The SMILES string of the molecule is COc1ccccc1CC(=O)NC1CC2C(=O)NC3CCN(C(=O)c4ccccc4)C3C(=O)N2C1. The van der Waals surface area contributed by atoms with Crippen molar-refractivity contribution in [1.29, 1.82) is 0 Å². The lowest BCUT2D eigenvalue weighted by molar-refractivity contribution is -0.138. The number of benzene rings is 2. The molecule has 3 fully saturated rings. The van der Waals surface area contributed by atoms with Crippen molar-refractivity contribution >= 4 is 23.6 Å². The van der Waals surface area contributed by atoms with E-state index in [9.17, 15) is 19.2 Å². The highest BCUT2D eigenvalue weighted by molar-refractivity contribution is 6.00. The molecule has 3 heterocycles. The molecule has 9 heteroatoms. The van der Waals surface area contributed by atoms with Gasteiger partial charge in [0.1, 0.15) is 17.8 Å². The van der Waals surface area contributed by atoms with Crippen LogP contribution in [0.5, 0.6) is 5.75 Å². The molecule has 2 aromatic rings. The summed E-state index contributed by atoms with van der Waals surface area (Å²) < 4.78 is 5.32. The van der Waals surface area contributed by atoms with E-state index in [1.54, 1.807) is 42.3 Å². The molecule has 9 nitrogen and oxygen atoms in total. The number of para-hydroxylation sites is 1. The van der Waals surface area contributed by atoms with E-state index in [2.05, 4.69) is 10.6 Å². The van der Waals surface area contributed by atoms with Gasteiger partial charge >= 0.3 is 0 Å². The summed E-state index contributed by atoms with van der Waals surface area (Å²) in [6.45, 7) is 0.623. The van der Waals surface area contributed by atoms with Crippen LogP contribution in [-0.4, -0.2) is 77.8 Å². The summed E-state index contributed by atoms with van der Waals surface area (Å²) >= 11 is 0. The van der Waals surface area contributed by atoms with Crippen molar-refractivity contribution in [3.05, 3.63) is 65.7 Å². The summed E-state index contributed by atoms with van der Waals surface area (Å²) in [7, 11) is 1.56. The number of carbonyl (C=O) groups excluding carboxylic acids is 4. The van der Waals surface area contributed by atoms with Gasteiger partial charge in [0.25, 0.3) is 5.91 Å². The summed E-state index contributed by atoms with van der Waals surface area (Å²) in [6.07, 6.45) is 0.997. The Hall–Kier alpha value is -3.88. The van der Waals surface area contributed by atoms with Crippen LogP contribution in [0, 0.1) is 0 Å². The number of fused-ring (bicyclic) bond motifs is 2. The topological polar surface area (TPSA) is 108 Å². The molecule has 5 rings (SSSR count). The van der Waals surface area contributed by atoms with E-state index in [0.717, 1.165) is 5.56 Å². The van der Waals surface area contributed by atoms with Crippen LogP contribution in [0.1, 0.15) is 28.8 Å². The van der Waals surface area contributed by atoms with Gasteiger partial charge in [-0.2, -0.15) is 0 Å². The molecule has 4 amide bonds. The Morgan fingerprint density at radius 3 is 2.60 bits per heavy atom. The molecule has 3 aliphatic heterocycles. The molecular weight excluding hydrogens is 448 g/mol. The van der Waals surface area contributed by atoms with Gasteiger partial charge in [-0.05, 0) is 31.0 Å². The van der Waals surface area contributed by atoms with Crippen molar-refractivity contribution in [3.63, 3.8) is 0 Å². The fourth-order valence-electron chi connectivity index (χ4n) is 5.41. The second-order valence-electron chi connectivity index (χ2n) is 9.21. The Morgan fingerprint density at radius 2 is 1.83 bits per heavy atom. The van der Waals surface area contributed by atoms with E-state index >= 15 is 0 Å². The molecule has 3 saturated heterocycles. The van der Waals surface area contributed by atoms with Gasteiger partial charge in [0.2, 0.25) is 17.7 Å². The van der Waals surface area contributed by atoms with Gasteiger partial charge in [-0.25, -0.2) is 0 Å². The summed E-state index contributed by atoms with van der Waals surface area (Å²) in [5, 5.41) is 5.95. The standard InChI is InChI=1S/C26H28N4O5/c1-35-21-10-6-5-9-17(21)13-22(31)27-18-14-20-24(32)28-19-11-12-29(23(19)26(34)30(20)15-18)25(33)16-7-3-2-4-8-16/h2-10,18-20,23H,11-15H2,1H3,(H,27,31)(H,28,32). The molecule has 4 unspecified atom stereocenters. The largest absolute Gasteiger partial charge is 0.496 e. The van der Waals surface area contributed by atoms with Gasteiger partial charge < -0.3 is 25.2 Å². The minimum Gasteiger partial charge on any atom is -0.496 e. The number of hydrogen-bond donors (Lipinski definition) is 2. The molecule has 0 radical (unpaired) electrons. The average molecular weight is 477 g/mol. The maximum absolute atomic E-state index is 13.6. The normalized spacial score (nSPS) is 25.4. The molecule has 0 aliphatic carbocycles. The maximum atomic E-state index is 13.6. The van der Waals surface area contributed by atoms with Crippen LogP contribution >= 0.6 is 0 Å². The van der Waals surface area contributed by atoms with Crippen molar-refractivity contribution in [3.8, 4) is 5.75 Å². The highest BCUT2D eigenvalue weighted by Gasteiger charge is 2.52. The van der Waals surface area contributed by atoms with Crippen LogP contribution in [0.3, 0.4) is 0 Å². The minimum absolute atomic E-state index is 0.134. The van der Waals surface area contributed by atoms with Crippen LogP contribution < -0.4 is 15.4 Å². The highest BCUT2D eigenvalue weighted by Crippen LogP contribution is 2.30. The lowest BCUT2D eigenvalue weighted by Crippen LogP contribution is -2.52. The fourth-order valence-corrected chi connectivity index (χ4v) is 5.41. The molecule has 2 aromatic carbocycles. The Balaban J connectivity index is 1.29. The molecule has 0 spiro atoms. The van der Waals surface area contributed by atoms with E-state index in [0.29, 0.717) is 30.7 Å². The van der Waals surface area contributed by atoms with E-state index in [1.807, 2.05) is 24.3 Å². The van der Waals surface area contributed by atoms with Gasteiger partial charge in [0, 0.05) is 30.3 Å². The number of carbonyl (C=O) groups is 4. The average Bonchev–Trinajstić information content (AvgIpc) is 3.46. The first kappa shape index (κ1) is 22.9. The van der Waals surface area contributed by atoms with E-state index in [1.165, 1.54) is 4.90 Å². The second kappa shape index (κ2) is 9.40. The molecule has 0 saturated carbocycles. The van der Waals surface area contributed by atoms with Crippen molar-refractivity contribution in [2.75, 3.05) is 20.2 Å². The molecule has 3 aliphatic rings. The Kier molecular flexibility index (Phi) is 6.15. The van der Waals surface area contributed by atoms with Crippen LogP contribution in [0.15, 0.2) is 54.6 Å².